The summed E-state index contributed by atoms with van der Waals surface area (Å²) in [5.74, 6) is 1.18. The lowest BCUT2D eigenvalue weighted by molar-refractivity contribution is 0.237. The molecule has 2 fully saturated rings. The van der Waals surface area contributed by atoms with Crippen molar-refractivity contribution in [3.05, 3.63) is 0 Å². The molecule has 2 atom stereocenters. The molecule has 0 aromatic carbocycles. The monoisotopic (exact) mass is 215 g/mol. The zero-order chi connectivity index (χ0) is 9.80. The highest BCUT2D eigenvalue weighted by molar-refractivity contribution is 8.00. The van der Waals surface area contributed by atoms with E-state index in [0.717, 1.165) is 25.9 Å². The van der Waals surface area contributed by atoms with Gasteiger partial charge >= 0.3 is 6.03 Å². The summed E-state index contributed by atoms with van der Waals surface area (Å²) in [6, 6.07) is 0.319. The summed E-state index contributed by atoms with van der Waals surface area (Å²) in [5, 5.41) is 9.53. The van der Waals surface area contributed by atoms with Gasteiger partial charge in [-0.3, -0.25) is 0 Å². The zero-order valence-electron chi connectivity index (χ0n) is 8.21. The molecular weight excluding hydrogens is 198 g/mol. The second-order valence-corrected chi connectivity index (χ2v) is 5.12. The van der Waals surface area contributed by atoms with Crippen LogP contribution < -0.4 is 16.0 Å². The topological polar surface area (TPSA) is 53.2 Å². The third kappa shape index (κ3) is 2.78. The van der Waals surface area contributed by atoms with Crippen LogP contribution in [0.2, 0.25) is 0 Å². The molecule has 2 heterocycles. The van der Waals surface area contributed by atoms with E-state index in [0.29, 0.717) is 11.4 Å². The third-order valence-electron chi connectivity index (χ3n) is 2.62. The molecule has 14 heavy (non-hydrogen) atoms. The summed E-state index contributed by atoms with van der Waals surface area (Å²) in [5.41, 5.74) is 0. The van der Waals surface area contributed by atoms with Crippen molar-refractivity contribution in [1.82, 2.24) is 16.0 Å². The van der Waals surface area contributed by atoms with Crippen LogP contribution in [0.1, 0.15) is 19.3 Å². The first-order chi connectivity index (χ1) is 6.84. The van der Waals surface area contributed by atoms with Gasteiger partial charge in [0.1, 0.15) is 0 Å². The largest absolute Gasteiger partial charge is 0.334 e. The first-order valence-electron chi connectivity index (χ1n) is 5.24. The van der Waals surface area contributed by atoms with E-state index in [-0.39, 0.29) is 6.03 Å². The average Bonchev–Trinajstić information content (AvgIpc) is 2.76. The van der Waals surface area contributed by atoms with Crippen LogP contribution in [0, 0.1) is 0 Å². The molecule has 0 aliphatic carbocycles. The minimum atomic E-state index is -0.00176. The maximum absolute atomic E-state index is 11.5. The van der Waals surface area contributed by atoms with Gasteiger partial charge in [0.25, 0.3) is 0 Å². The highest BCUT2D eigenvalue weighted by atomic mass is 32.2. The second kappa shape index (κ2) is 4.89. The van der Waals surface area contributed by atoms with Crippen LogP contribution in [0.25, 0.3) is 0 Å². The summed E-state index contributed by atoms with van der Waals surface area (Å²) < 4.78 is 0. The summed E-state index contributed by atoms with van der Waals surface area (Å²) in [6.07, 6.45) is 3.38. The molecule has 0 saturated carbocycles. The Morgan fingerprint density at radius 2 is 2.29 bits per heavy atom. The molecule has 2 aliphatic heterocycles. The molecule has 2 saturated heterocycles. The van der Waals surface area contributed by atoms with E-state index in [9.17, 15) is 4.79 Å². The predicted molar refractivity (Wildman–Crippen MR) is 58.4 cm³/mol. The van der Waals surface area contributed by atoms with E-state index < -0.39 is 0 Å². The molecule has 5 heteroatoms. The third-order valence-corrected chi connectivity index (χ3v) is 3.90. The van der Waals surface area contributed by atoms with Crippen LogP contribution >= 0.6 is 11.8 Å². The molecule has 0 bridgehead atoms. The van der Waals surface area contributed by atoms with Crippen LogP contribution in [-0.4, -0.2) is 36.3 Å². The molecule has 2 unspecified atom stereocenters. The predicted octanol–water partition coefficient (Wildman–Crippen LogP) is 0.501. The number of urea groups is 1. The lowest BCUT2D eigenvalue weighted by Gasteiger charge is -2.15. The van der Waals surface area contributed by atoms with Crippen LogP contribution in [0.15, 0.2) is 0 Å². The van der Waals surface area contributed by atoms with Crippen LogP contribution in [0.5, 0.6) is 0 Å². The van der Waals surface area contributed by atoms with Crippen molar-refractivity contribution in [3.63, 3.8) is 0 Å². The molecule has 0 radical (unpaired) electrons. The van der Waals surface area contributed by atoms with Crippen LogP contribution in [-0.2, 0) is 0 Å². The number of thioether (sulfide) groups is 1. The SMILES string of the molecule is O=C(NC1CCNC1)NC1CCCS1. The first kappa shape index (κ1) is 10.1. The molecular formula is C9H17N3OS. The Balaban J connectivity index is 1.66. The average molecular weight is 215 g/mol. The summed E-state index contributed by atoms with van der Waals surface area (Å²) >= 11 is 1.84. The van der Waals surface area contributed by atoms with Gasteiger partial charge in [0, 0.05) is 12.6 Å². The number of hydrogen-bond acceptors (Lipinski definition) is 3. The first-order valence-corrected chi connectivity index (χ1v) is 6.29. The van der Waals surface area contributed by atoms with E-state index in [1.54, 1.807) is 0 Å². The zero-order valence-corrected chi connectivity index (χ0v) is 9.03. The smallest absolute Gasteiger partial charge is 0.315 e. The maximum Gasteiger partial charge on any atom is 0.315 e. The Hall–Kier alpha value is -0.420. The number of hydrogen-bond donors (Lipinski definition) is 3. The van der Waals surface area contributed by atoms with Crippen LogP contribution in [0.4, 0.5) is 4.79 Å². The minimum absolute atomic E-state index is 0.00176. The van der Waals surface area contributed by atoms with Gasteiger partial charge in [0.05, 0.1) is 5.37 Å². The molecule has 3 N–H and O–H groups in total. The summed E-state index contributed by atoms with van der Waals surface area (Å²) in [4.78, 5) is 11.5. The van der Waals surface area contributed by atoms with Crippen molar-refractivity contribution in [3.8, 4) is 0 Å². The Kier molecular flexibility index (Phi) is 3.53. The van der Waals surface area contributed by atoms with E-state index in [4.69, 9.17) is 0 Å². The molecule has 0 aromatic heterocycles. The fourth-order valence-corrected chi connectivity index (χ4v) is 2.98. The van der Waals surface area contributed by atoms with Crippen LogP contribution in [0.3, 0.4) is 0 Å². The Bertz CT molecular complexity index is 180. The summed E-state index contributed by atoms with van der Waals surface area (Å²) in [7, 11) is 0. The van der Waals surface area contributed by atoms with Crippen molar-refractivity contribution in [2.75, 3.05) is 18.8 Å². The Labute approximate surface area is 88.6 Å². The number of amides is 2. The lowest BCUT2D eigenvalue weighted by Crippen LogP contribution is -2.45. The molecule has 4 nitrogen and oxygen atoms in total. The fourth-order valence-electron chi connectivity index (χ4n) is 1.84. The van der Waals surface area contributed by atoms with Gasteiger partial charge in [-0.2, -0.15) is 0 Å². The van der Waals surface area contributed by atoms with E-state index in [1.807, 2.05) is 11.8 Å². The lowest BCUT2D eigenvalue weighted by atomic mass is 10.3. The second-order valence-electron chi connectivity index (χ2n) is 3.81. The minimum Gasteiger partial charge on any atom is -0.334 e. The number of rotatable bonds is 2. The highest BCUT2D eigenvalue weighted by Gasteiger charge is 2.20. The van der Waals surface area contributed by atoms with Crippen molar-refractivity contribution < 1.29 is 4.79 Å². The van der Waals surface area contributed by atoms with Crippen molar-refractivity contribution >= 4 is 17.8 Å². The number of carbonyl (C=O) groups excluding carboxylic acids is 1. The summed E-state index contributed by atoms with van der Waals surface area (Å²) in [6.45, 7) is 1.92. The van der Waals surface area contributed by atoms with E-state index >= 15 is 0 Å². The standard InChI is InChI=1S/C9H17N3OS/c13-9(11-7-3-4-10-6-7)12-8-2-1-5-14-8/h7-8,10H,1-6H2,(H2,11,12,13). The van der Waals surface area contributed by atoms with Gasteiger partial charge in [-0.1, -0.05) is 0 Å². The molecule has 80 valence electrons. The van der Waals surface area contributed by atoms with Gasteiger partial charge < -0.3 is 16.0 Å². The van der Waals surface area contributed by atoms with Gasteiger partial charge in [-0.15, -0.1) is 11.8 Å². The fraction of sp³-hybridized carbons (Fsp3) is 0.889. The van der Waals surface area contributed by atoms with Gasteiger partial charge in [0.15, 0.2) is 0 Å². The van der Waals surface area contributed by atoms with E-state index in [1.165, 1.54) is 12.2 Å². The van der Waals surface area contributed by atoms with Crippen molar-refractivity contribution in [2.45, 2.75) is 30.7 Å². The Morgan fingerprint density at radius 1 is 1.36 bits per heavy atom. The molecule has 0 aromatic rings. The molecule has 2 aliphatic rings. The van der Waals surface area contributed by atoms with Gasteiger partial charge in [-0.05, 0) is 31.6 Å². The number of nitrogens with one attached hydrogen (secondary N) is 3. The normalized spacial score (nSPS) is 31.7. The Morgan fingerprint density at radius 3 is 2.93 bits per heavy atom. The number of carbonyl (C=O) groups is 1. The molecule has 2 amide bonds. The van der Waals surface area contributed by atoms with Crippen molar-refractivity contribution in [1.29, 1.82) is 0 Å². The van der Waals surface area contributed by atoms with E-state index in [2.05, 4.69) is 16.0 Å². The molecule has 0 spiro atoms. The van der Waals surface area contributed by atoms with Crippen molar-refractivity contribution in [2.24, 2.45) is 0 Å². The highest BCUT2D eigenvalue weighted by Crippen LogP contribution is 2.23. The molecule has 2 rings (SSSR count). The van der Waals surface area contributed by atoms with Gasteiger partial charge in [-0.25, -0.2) is 4.79 Å². The van der Waals surface area contributed by atoms with Gasteiger partial charge in [0.2, 0.25) is 0 Å². The quantitative estimate of drug-likeness (QED) is 0.629. The maximum atomic E-state index is 11.5.